The Bertz CT molecular complexity index is 959. The number of amides is 2. The number of amidine groups is 1. The summed E-state index contributed by atoms with van der Waals surface area (Å²) in [5.41, 5.74) is 2.27. The average Bonchev–Trinajstić information content (AvgIpc) is 3.07. The van der Waals surface area contributed by atoms with Gasteiger partial charge in [-0.1, -0.05) is 27.7 Å². The minimum atomic E-state index is -0.541. The molecule has 0 aromatic heterocycles. The zero-order valence-corrected chi connectivity index (χ0v) is 18.2. The predicted octanol–water partition coefficient (Wildman–Crippen LogP) is 3.80. The first-order valence-electron chi connectivity index (χ1n) is 8.74. The molecular formula is C20H19BrN4O3S. The van der Waals surface area contributed by atoms with E-state index in [1.165, 1.54) is 11.8 Å². The molecule has 0 saturated carbocycles. The van der Waals surface area contributed by atoms with Crippen molar-refractivity contribution < 1.29 is 14.3 Å². The molecule has 9 heteroatoms. The molecule has 2 aromatic rings. The molecule has 3 rings (SSSR count). The van der Waals surface area contributed by atoms with Gasteiger partial charge in [-0.05, 0) is 61.0 Å². The van der Waals surface area contributed by atoms with Gasteiger partial charge in [0.15, 0.2) is 5.17 Å². The fourth-order valence-corrected chi connectivity index (χ4v) is 3.69. The first-order chi connectivity index (χ1) is 13.9. The summed E-state index contributed by atoms with van der Waals surface area (Å²) in [7, 11) is 1.61. The number of nitrogens with zero attached hydrogens (tertiary/aromatic N) is 2. The van der Waals surface area contributed by atoms with E-state index in [9.17, 15) is 9.59 Å². The summed E-state index contributed by atoms with van der Waals surface area (Å²) < 4.78 is 6.06. The van der Waals surface area contributed by atoms with Gasteiger partial charge in [0, 0.05) is 16.6 Å². The Labute approximate surface area is 181 Å². The third kappa shape index (κ3) is 5.91. The Hall–Kier alpha value is -2.65. The fourth-order valence-electron chi connectivity index (χ4n) is 2.51. The summed E-state index contributed by atoms with van der Waals surface area (Å²) in [5.74, 6) is 0.270. The number of benzene rings is 2. The number of anilines is 1. The lowest BCUT2D eigenvalue weighted by Crippen LogP contribution is -2.28. The lowest BCUT2D eigenvalue weighted by molar-refractivity contribution is -0.122. The highest BCUT2D eigenvalue weighted by Gasteiger charge is 2.32. The van der Waals surface area contributed by atoms with Crippen LogP contribution in [0, 0.1) is 0 Å². The van der Waals surface area contributed by atoms with Gasteiger partial charge in [-0.2, -0.15) is 5.10 Å². The van der Waals surface area contributed by atoms with Crippen LogP contribution in [0.15, 0.2) is 63.2 Å². The molecular weight excluding hydrogens is 456 g/mol. The first kappa shape index (κ1) is 21.1. The van der Waals surface area contributed by atoms with Gasteiger partial charge < -0.3 is 15.4 Å². The predicted molar refractivity (Wildman–Crippen MR) is 120 cm³/mol. The molecule has 1 saturated heterocycles. The van der Waals surface area contributed by atoms with Crippen LogP contribution in [0.4, 0.5) is 5.69 Å². The first-order valence-corrected chi connectivity index (χ1v) is 10.4. The number of carbonyl (C=O) groups excluding carboxylic acids is 2. The van der Waals surface area contributed by atoms with Crippen LogP contribution in [0.5, 0.6) is 5.75 Å². The zero-order valence-electron chi connectivity index (χ0n) is 15.8. The molecule has 1 atom stereocenters. The summed E-state index contributed by atoms with van der Waals surface area (Å²) in [6, 6.07) is 14.7. The maximum Gasteiger partial charge on any atom is 0.240 e. The van der Waals surface area contributed by atoms with Crippen LogP contribution in [0.3, 0.4) is 0 Å². The number of rotatable bonds is 6. The molecule has 0 aliphatic carbocycles. The number of hydrogen-bond acceptors (Lipinski definition) is 6. The largest absolute Gasteiger partial charge is 0.497 e. The van der Waals surface area contributed by atoms with Crippen molar-refractivity contribution in [2.24, 2.45) is 10.2 Å². The number of hydrogen-bond donors (Lipinski definition) is 2. The van der Waals surface area contributed by atoms with E-state index in [0.29, 0.717) is 16.6 Å². The number of ether oxygens (including phenoxy) is 1. The van der Waals surface area contributed by atoms with E-state index < -0.39 is 5.25 Å². The van der Waals surface area contributed by atoms with Gasteiger partial charge >= 0.3 is 0 Å². The lowest BCUT2D eigenvalue weighted by Gasteiger charge is -2.07. The lowest BCUT2D eigenvalue weighted by atomic mass is 10.1. The molecule has 1 fully saturated rings. The number of carbonyl (C=O) groups is 2. The van der Waals surface area contributed by atoms with Crippen molar-refractivity contribution in [3.8, 4) is 5.75 Å². The Morgan fingerprint density at radius 1 is 1.21 bits per heavy atom. The highest BCUT2D eigenvalue weighted by atomic mass is 79.9. The normalized spacial score (nSPS) is 17.9. The van der Waals surface area contributed by atoms with E-state index in [1.807, 2.05) is 43.3 Å². The monoisotopic (exact) mass is 474 g/mol. The summed E-state index contributed by atoms with van der Waals surface area (Å²) >= 11 is 4.54. The van der Waals surface area contributed by atoms with Gasteiger partial charge in [-0.25, -0.2) is 0 Å². The Morgan fingerprint density at radius 2 is 1.90 bits per heavy atom. The molecule has 1 aliphatic rings. The summed E-state index contributed by atoms with van der Waals surface area (Å²) in [5, 5.41) is 13.6. The number of methoxy groups -OCH3 is 1. The van der Waals surface area contributed by atoms with Crippen molar-refractivity contribution >= 4 is 56.1 Å². The Morgan fingerprint density at radius 3 is 2.55 bits per heavy atom. The van der Waals surface area contributed by atoms with Crippen molar-refractivity contribution in [3.05, 3.63) is 58.6 Å². The van der Waals surface area contributed by atoms with Gasteiger partial charge in [0.25, 0.3) is 0 Å². The third-order valence-corrected chi connectivity index (χ3v) is 5.67. The summed E-state index contributed by atoms with van der Waals surface area (Å²) in [6.45, 7) is 1.83. The van der Waals surface area contributed by atoms with E-state index in [2.05, 4.69) is 36.8 Å². The number of thioether (sulfide) groups is 1. The number of halogens is 1. The summed E-state index contributed by atoms with van der Waals surface area (Å²) in [4.78, 5) is 24.4. The van der Waals surface area contributed by atoms with Gasteiger partial charge in [0.1, 0.15) is 11.0 Å². The second-order valence-electron chi connectivity index (χ2n) is 6.17. The van der Waals surface area contributed by atoms with Gasteiger partial charge in [0.2, 0.25) is 11.8 Å². The van der Waals surface area contributed by atoms with Crippen molar-refractivity contribution in [2.45, 2.75) is 18.6 Å². The minimum Gasteiger partial charge on any atom is -0.497 e. The molecule has 150 valence electrons. The van der Waals surface area contributed by atoms with E-state index >= 15 is 0 Å². The van der Waals surface area contributed by atoms with Crippen LogP contribution in [-0.2, 0) is 9.59 Å². The molecule has 0 bridgehead atoms. The smallest absolute Gasteiger partial charge is 0.240 e. The maximum absolute atomic E-state index is 12.2. The van der Waals surface area contributed by atoms with E-state index in [-0.39, 0.29) is 18.2 Å². The van der Waals surface area contributed by atoms with Crippen LogP contribution in [0.25, 0.3) is 0 Å². The van der Waals surface area contributed by atoms with Crippen molar-refractivity contribution in [1.29, 1.82) is 0 Å². The SMILES string of the molecule is COc1ccc(/C(C)=N/N=C2\NC(=O)C(CC(=O)Nc3ccc(Br)cc3)S2)cc1. The second-order valence-corrected chi connectivity index (χ2v) is 8.28. The quantitative estimate of drug-likeness (QED) is 0.491. The minimum absolute atomic E-state index is 0.0484. The van der Waals surface area contributed by atoms with Crippen LogP contribution >= 0.6 is 27.7 Å². The van der Waals surface area contributed by atoms with E-state index in [0.717, 1.165) is 15.8 Å². The van der Waals surface area contributed by atoms with Gasteiger partial charge in [-0.3, -0.25) is 9.59 Å². The van der Waals surface area contributed by atoms with E-state index in [4.69, 9.17) is 4.74 Å². The Balaban J connectivity index is 1.58. The molecule has 2 N–H and O–H groups in total. The molecule has 7 nitrogen and oxygen atoms in total. The molecule has 2 amide bonds. The average molecular weight is 475 g/mol. The van der Waals surface area contributed by atoms with Crippen LogP contribution in [0.1, 0.15) is 18.9 Å². The van der Waals surface area contributed by atoms with Crippen molar-refractivity contribution in [2.75, 3.05) is 12.4 Å². The second kappa shape index (κ2) is 9.71. The molecule has 1 heterocycles. The van der Waals surface area contributed by atoms with E-state index in [1.54, 1.807) is 19.2 Å². The highest BCUT2D eigenvalue weighted by Crippen LogP contribution is 2.23. The molecule has 29 heavy (non-hydrogen) atoms. The highest BCUT2D eigenvalue weighted by molar-refractivity contribution is 9.10. The fraction of sp³-hybridized carbons (Fsp3) is 0.200. The van der Waals surface area contributed by atoms with Crippen LogP contribution in [-0.4, -0.2) is 35.1 Å². The standard InChI is InChI=1S/C20H19BrN4O3S/c1-12(13-3-9-16(28-2)10-4-13)24-25-20-23-19(27)17(29-20)11-18(26)22-15-7-5-14(21)6-8-15/h3-10,17H,11H2,1-2H3,(H,22,26)(H,23,25,27)/b24-12+. The topological polar surface area (TPSA) is 92.2 Å². The van der Waals surface area contributed by atoms with Gasteiger partial charge in [0.05, 0.1) is 12.8 Å². The Kier molecular flexibility index (Phi) is 7.05. The van der Waals surface area contributed by atoms with Crippen LogP contribution < -0.4 is 15.4 Å². The molecule has 1 unspecified atom stereocenters. The maximum atomic E-state index is 12.2. The zero-order chi connectivity index (χ0) is 20.8. The summed E-state index contributed by atoms with van der Waals surface area (Å²) in [6.07, 6.45) is 0.0484. The van der Waals surface area contributed by atoms with Crippen molar-refractivity contribution in [3.63, 3.8) is 0 Å². The molecule has 0 spiro atoms. The third-order valence-electron chi connectivity index (χ3n) is 4.07. The molecule has 0 radical (unpaired) electrons. The van der Waals surface area contributed by atoms with Gasteiger partial charge in [-0.15, -0.1) is 5.10 Å². The number of nitrogens with one attached hydrogen (secondary N) is 2. The van der Waals surface area contributed by atoms with Crippen molar-refractivity contribution in [1.82, 2.24) is 5.32 Å². The molecule has 1 aliphatic heterocycles. The molecule has 2 aromatic carbocycles. The van der Waals surface area contributed by atoms with Crippen LogP contribution in [0.2, 0.25) is 0 Å².